The van der Waals surface area contributed by atoms with Crippen molar-refractivity contribution >= 4 is 16.7 Å². The summed E-state index contributed by atoms with van der Waals surface area (Å²) >= 11 is 0. The van der Waals surface area contributed by atoms with Gasteiger partial charge < -0.3 is 14.9 Å². The second kappa shape index (κ2) is 5.81. The summed E-state index contributed by atoms with van der Waals surface area (Å²) in [6, 6.07) is 4.95. The van der Waals surface area contributed by atoms with Crippen molar-refractivity contribution < 1.29 is 24.1 Å². The minimum atomic E-state index is -1.45. The molecule has 0 saturated carbocycles. The number of phenolic OH excluding ortho intramolecular Hbond substituents is 1. The second-order valence-electron chi connectivity index (χ2n) is 6.70. The Morgan fingerprint density at radius 2 is 1.83 bits per heavy atom. The predicted octanol–water partition coefficient (Wildman–Crippen LogP) is 4.24. The number of ether oxygens (including phenoxy) is 1. The summed E-state index contributed by atoms with van der Waals surface area (Å²) in [7, 11) is 0. The van der Waals surface area contributed by atoms with Crippen LogP contribution in [-0.2, 0) is 9.53 Å². The zero-order valence-electron chi connectivity index (χ0n) is 13.9. The highest BCUT2D eigenvalue weighted by Crippen LogP contribution is 2.40. The molecule has 2 rings (SSSR count). The molecule has 2 aromatic rings. The molecule has 0 heterocycles. The lowest BCUT2D eigenvalue weighted by Gasteiger charge is -2.27. The van der Waals surface area contributed by atoms with Crippen molar-refractivity contribution in [2.24, 2.45) is 0 Å². The van der Waals surface area contributed by atoms with Crippen LogP contribution in [0.2, 0.25) is 0 Å². The van der Waals surface area contributed by atoms with E-state index in [1.165, 1.54) is 6.92 Å². The number of aliphatic carboxylic acids is 1. The Hall–Kier alpha value is -2.14. The van der Waals surface area contributed by atoms with Crippen LogP contribution in [0.15, 0.2) is 18.2 Å². The van der Waals surface area contributed by atoms with Crippen LogP contribution in [0.5, 0.6) is 5.75 Å². The van der Waals surface area contributed by atoms with Crippen LogP contribution in [0.4, 0.5) is 4.39 Å². The quantitative estimate of drug-likeness (QED) is 0.887. The number of carboxylic acids is 1. The van der Waals surface area contributed by atoms with Crippen molar-refractivity contribution in [3.05, 3.63) is 40.7 Å². The molecule has 1 unspecified atom stereocenters. The first-order valence-electron chi connectivity index (χ1n) is 7.35. The van der Waals surface area contributed by atoms with Crippen molar-refractivity contribution in [3.63, 3.8) is 0 Å². The molecule has 0 radical (unpaired) electrons. The Morgan fingerprint density at radius 1 is 1.22 bits per heavy atom. The van der Waals surface area contributed by atoms with Gasteiger partial charge in [-0.2, -0.15) is 0 Å². The Labute approximate surface area is 134 Å². The molecule has 5 heteroatoms. The van der Waals surface area contributed by atoms with Crippen molar-refractivity contribution in [1.29, 1.82) is 0 Å². The van der Waals surface area contributed by atoms with E-state index >= 15 is 0 Å². The summed E-state index contributed by atoms with van der Waals surface area (Å²) in [5.41, 5.74) is 0.128. The molecule has 0 amide bonds. The fraction of sp³-hybridized carbons (Fsp3) is 0.389. The average molecular weight is 320 g/mol. The summed E-state index contributed by atoms with van der Waals surface area (Å²) in [6.45, 7) is 8.39. The number of hydrogen-bond donors (Lipinski definition) is 2. The zero-order valence-corrected chi connectivity index (χ0v) is 13.9. The molecule has 0 aliphatic rings. The SMILES string of the molecule is Cc1ccc2c(O)c(C(OC(C)(C)C)C(=O)O)c(C)c(F)c2c1. The molecule has 2 N–H and O–H groups in total. The maximum atomic E-state index is 14.7. The number of carbonyl (C=O) groups is 1. The fourth-order valence-corrected chi connectivity index (χ4v) is 2.60. The van der Waals surface area contributed by atoms with Crippen LogP contribution >= 0.6 is 0 Å². The van der Waals surface area contributed by atoms with Gasteiger partial charge in [-0.15, -0.1) is 0 Å². The number of aryl methyl sites for hydroxylation is 1. The number of benzene rings is 2. The van der Waals surface area contributed by atoms with Gasteiger partial charge >= 0.3 is 5.97 Å². The summed E-state index contributed by atoms with van der Waals surface area (Å²) in [4.78, 5) is 11.6. The molecule has 124 valence electrons. The number of halogens is 1. The van der Waals surface area contributed by atoms with Crippen molar-refractivity contribution in [3.8, 4) is 5.75 Å². The van der Waals surface area contributed by atoms with Crippen molar-refractivity contribution in [2.45, 2.75) is 46.3 Å². The molecular weight excluding hydrogens is 299 g/mol. The van der Waals surface area contributed by atoms with Crippen molar-refractivity contribution in [2.75, 3.05) is 0 Å². The number of aromatic hydroxyl groups is 1. The van der Waals surface area contributed by atoms with Crippen LogP contribution in [-0.4, -0.2) is 21.8 Å². The van der Waals surface area contributed by atoms with Gasteiger partial charge in [0.1, 0.15) is 11.6 Å². The average Bonchev–Trinajstić information content (AvgIpc) is 2.42. The predicted molar refractivity (Wildman–Crippen MR) is 86.3 cm³/mol. The van der Waals surface area contributed by atoms with Crippen LogP contribution < -0.4 is 0 Å². The highest BCUT2D eigenvalue weighted by atomic mass is 19.1. The van der Waals surface area contributed by atoms with Gasteiger partial charge in [-0.25, -0.2) is 9.18 Å². The number of rotatable bonds is 3. The molecule has 0 bridgehead atoms. The first kappa shape index (κ1) is 17.2. The van der Waals surface area contributed by atoms with E-state index in [1.807, 2.05) is 6.92 Å². The zero-order chi connectivity index (χ0) is 17.5. The molecule has 0 aliphatic carbocycles. The topological polar surface area (TPSA) is 66.8 Å². The van der Waals surface area contributed by atoms with E-state index in [2.05, 4.69) is 0 Å². The second-order valence-corrected chi connectivity index (χ2v) is 6.70. The number of phenols is 1. The summed E-state index contributed by atoms with van der Waals surface area (Å²) in [5, 5.41) is 20.6. The van der Waals surface area contributed by atoms with Gasteiger partial charge in [0.15, 0.2) is 6.10 Å². The fourth-order valence-electron chi connectivity index (χ4n) is 2.60. The van der Waals surface area contributed by atoms with Gasteiger partial charge in [-0.3, -0.25) is 0 Å². The van der Waals surface area contributed by atoms with Gasteiger partial charge in [-0.05, 0) is 46.2 Å². The Bertz CT molecular complexity index is 775. The molecule has 23 heavy (non-hydrogen) atoms. The molecule has 0 spiro atoms. The molecule has 4 nitrogen and oxygen atoms in total. The van der Waals surface area contributed by atoms with E-state index in [1.54, 1.807) is 39.0 Å². The normalized spacial score (nSPS) is 13.3. The Morgan fingerprint density at radius 3 is 2.35 bits per heavy atom. The molecule has 2 aromatic carbocycles. The van der Waals surface area contributed by atoms with E-state index in [-0.39, 0.29) is 27.6 Å². The highest BCUT2D eigenvalue weighted by Gasteiger charge is 2.32. The monoisotopic (exact) mass is 320 g/mol. The van der Waals surface area contributed by atoms with E-state index in [0.29, 0.717) is 0 Å². The molecule has 0 aliphatic heterocycles. The number of hydrogen-bond acceptors (Lipinski definition) is 3. The van der Waals surface area contributed by atoms with Crippen LogP contribution in [0, 0.1) is 19.7 Å². The van der Waals surface area contributed by atoms with E-state index in [4.69, 9.17) is 4.74 Å². The largest absolute Gasteiger partial charge is 0.507 e. The van der Waals surface area contributed by atoms with Crippen LogP contribution in [0.3, 0.4) is 0 Å². The third-order valence-corrected chi connectivity index (χ3v) is 3.61. The maximum absolute atomic E-state index is 14.7. The first-order valence-corrected chi connectivity index (χ1v) is 7.35. The van der Waals surface area contributed by atoms with E-state index < -0.39 is 23.5 Å². The summed E-state index contributed by atoms with van der Waals surface area (Å²) in [6.07, 6.45) is -1.45. The summed E-state index contributed by atoms with van der Waals surface area (Å²) < 4.78 is 20.3. The van der Waals surface area contributed by atoms with Gasteiger partial charge in [0.25, 0.3) is 0 Å². The molecule has 0 fully saturated rings. The first-order chi connectivity index (χ1) is 10.5. The van der Waals surface area contributed by atoms with E-state index in [0.717, 1.165) is 5.56 Å². The standard InChI is InChI=1S/C18H21FO4/c1-9-6-7-11-12(8-9)14(19)10(2)13(15(11)20)16(17(21)22)23-18(3,4)5/h6-8,16,20H,1-5H3,(H,21,22). The molecular formula is C18H21FO4. The minimum absolute atomic E-state index is 0.0405. The van der Waals surface area contributed by atoms with Gasteiger partial charge in [0.05, 0.1) is 5.60 Å². The maximum Gasteiger partial charge on any atom is 0.337 e. The van der Waals surface area contributed by atoms with Gasteiger partial charge in [-0.1, -0.05) is 17.7 Å². The third-order valence-electron chi connectivity index (χ3n) is 3.61. The number of fused-ring (bicyclic) bond motifs is 1. The van der Waals surface area contributed by atoms with Gasteiger partial charge in [0, 0.05) is 16.3 Å². The van der Waals surface area contributed by atoms with Gasteiger partial charge in [0.2, 0.25) is 0 Å². The molecule has 0 aromatic heterocycles. The lowest BCUT2D eigenvalue weighted by Crippen LogP contribution is -2.28. The van der Waals surface area contributed by atoms with E-state index in [9.17, 15) is 19.4 Å². The van der Waals surface area contributed by atoms with Crippen LogP contribution in [0.25, 0.3) is 10.8 Å². The number of carboxylic acid groups (broad SMARTS) is 1. The lowest BCUT2D eigenvalue weighted by atomic mass is 9.94. The summed E-state index contributed by atoms with van der Waals surface area (Å²) in [5.74, 6) is -2.07. The minimum Gasteiger partial charge on any atom is -0.507 e. The lowest BCUT2D eigenvalue weighted by molar-refractivity contribution is -0.160. The highest BCUT2D eigenvalue weighted by molar-refractivity contribution is 5.93. The Balaban J connectivity index is 2.78. The molecule has 0 saturated heterocycles. The Kier molecular flexibility index (Phi) is 4.35. The third kappa shape index (κ3) is 3.29. The smallest absolute Gasteiger partial charge is 0.337 e. The molecule has 1 atom stereocenters. The van der Waals surface area contributed by atoms with Crippen LogP contribution in [0.1, 0.15) is 43.6 Å². The van der Waals surface area contributed by atoms with Crippen molar-refractivity contribution in [1.82, 2.24) is 0 Å².